The first kappa shape index (κ1) is 12.5. The number of likely N-dealkylation sites (tertiary alicyclic amines) is 1. The molecule has 3 heteroatoms. The van der Waals surface area contributed by atoms with Crippen molar-refractivity contribution >= 4 is 5.91 Å². The lowest BCUT2D eigenvalue weighted by Crippen LogP contribution is -2.37. The summed E-state index contributed by atoms with van der Waals surface area (Å²) in [4.78, 5) is 13.7. The molecule has 0 radical (unpaired) electrons. The van der Waals surface area contributed by atoms with Gasteiger partial charge in [0.25, 0.3) is 0 Å². The lowest BCUT2D eigenvalue weighted by atomic mass is 10.2. The van der Waals surface area contributed by atoms with Crippen molar-refractivity contribution < 1.29 is 9.53 Å². The minimum Gasteiger partial charge on any atom is -0.366 e. The summed E-state index contributed by atoms with van der Waals surface area (Å²) in [6.07, 6.45) is 4.79. The van der Waals surface area contributed by atoms with Crippen molar-refractivity contribution in [3.8, 4) is 0 Å². The number of rotatable bonds is 2. The maximum Gasteiger partial charge on any atom is 0.248 e. The number of amides is 1. The van der Waals surface area contributed by atoms with Gasteiger partial charge in [0.1, 0.15) is 6.61 Å². The Labute approximate surface area is 92.8 Å². The summed E-state index contributed by atoms with van der Waals surface area (Å²) >= 11 is 0. The third-order valence-electron chi connectivity index (χ3n) is 2.59. The zero-order chi connectivity index (χ0) is 11.3. The Balaban J connectivity index is 2.32. The van der Waals surface area contributed by atoms with Crippen LogP contribution in [0.1, 0.15) is 46.5 Å². The van der Waals surface area contributed by atoms with Crippen molar-refractivity contribution in [1.29, 1.82) is 0 Å². The SMILES string of the molecule is CC(C)(C)OCC(=O)N1CCCCCC1. The van der Waals surface area contributed by atoms with Gasteiger partial charge in [-0.1, -0.05) is 12.8 Å². The van der Waals surface area contributed by atoms with E-state index >= 15 is 0 Å². The highest BCUT2D eigenvalue weighted by Gasteiger charge is 2.18. The minimum atomic E-state index is -0.221. The molecule has 0 aromatic heterocycles. The van der Waals surface area contributed by atoms with Crippen molar-refractivity contribution in [3.05, 3.63) is 0 Å². The summed E-state index contributed by atoms with van der Waals surface area (Å²) in [6, 6.07) is 0. The van der Waals surface area contributed by atoms with Crippen LogP contribution < -0.4 is 0 Å². The van der Waals surface area contributed by atoms with Crippen LogP contribution >= 0.6 is 0 Å². The van der Waals surface area contributed by atoms with Gasteiger partial charge < -0.3 is 9.64 Å². The van der Waals surface area contributed by atoms with Gasteiger partial charge in [-0.15, -0.1) is 0 Å². The molecule has 0 N–H and O–H groups in total. The third kappa shape index (κ3) is 5.17. The molecule has 0 spiro atoms. The van der Waals surface area contributed by atoms with Gasteiger partial charge >= 0.3 is 0 Å². The Morgan fingerprint density at radius 1 is 1.13 bits per heavy atom. The van der Waals surface area contributed by atoms with Crippen LogP contribution in [0.2, 0.25) is 0 Å². The molecule has 0 aliphatic carbocycles. The molecule has 3 nitrogen and oxygen atoms in total. The van der Waals surface area contributed by atoms with Crippen LogP contribution in [0.25, 0.3) is 0 Å². The third-order valence-corrected chi connectivity index (χ3v) is 2.59. The molecular weight excluding hydrogens is 190 g/mol. The Morgan fingerprint density at radius 3 is 2.13 bits per heavy atom. The van der Waals surface area contributed by atoms with Gasteiger partial charge in [0.15, 0.2) is 0 Å². The van der Waals surface area contributed by atoms with Crippen LogP contribution in [0.15, 0.2) is 0 Å². The van der Waals surface area contributed by atoms with E-state index in [-0.39, 0.29) is 18.1 Å². The summed E-state index contributed by atoms with van der Waals surface area (Å²) in [5.74, 6) is 0.145. The van der Waals surface area contributed by atoms with Crippen LogP contribution in [0.4, 0.5) is 0 Å². The normalized spacial score (nSPS) is 18.7. The maximum atomic E-state index is 11.8. The highest BCUT2D eigenvalue weighted by Crippen LogP contribution is 2.11. The monoisotopic (exact) mass is 213 g/mol. The average molecular weight is 213 g/mol. The molecule has 0 bridgehead atoms. The van der Waals surface area contributed by atoms with Crippen molar-refractivity contribution in [2.75, 3.05) is 19.7 Å². The number of hydrogen-bond acceptors (Lipinski definition) is 2. The standard InChI is InChI=1S/C12H23NO2/c1-12(2,3)15-10-11(14)13-8-6-4-5-7-9-13/h4-10H2,1-3H3. The second kappa shape index (κ2) is 5.50. The van der Waals surface area contributed by atoms with E-state index in [4.69, 9.17) is 4.74 Å². The molecule has 1 heterocycles. The molecule has 1 rings (SSSR count). The smallest absolute Gasteiger partial charge is 0.248 e. The summed E-state index contributed by atoms with van der Waals surface area (Å²) in [6.45, 7) is 7.97. The van der Waals surface area contributed by atoms with E-state index in [0.29, 0.717) is 0 Å². The molecule has 1 aliphatic rings. The fraction of sp³-hybridized carbons (Fsp3) is 0.917. The number of ether oxygens (including phenoxy) is 1. The Hall–Kier alpha value is -0.570. The van der Waals surface area contributed by atoms with E-state index in [1.54, 1.807) is 0 Å². The predicted molar refractivity (Wildman–Crippen MR) is 60.8 cm³/mol. The van der Waals surface area contributed by atoms with Gasteiger partial charge in [0.2, 0.25) is 5.91 Å². The Kier molecular flexibility index (Phi) is 4.58. The molecular formula is C12H23NO2. The molecule has 1 fully saturated rings. The topological polar surface area (TPSA) is 29.5 Å². The molecule has 1 saturated heterocycles. The van der Waals surface area contributed by atoms with E-state index < -0.39 is 0 Å². The van der Waals surface area contributed by atoms with Crippen molar-refractivity contribution in [3.63, 3.8) is 0 Å². The molecule has 0 aromatic carbocycles. The van der Waals surface area contributed by atoms with Crippen LogP contribution in [-0.4, -0.2) is 36.1 Å². The van der Waals surface area contributed by atoms with Gasteiger partial charge in [-0.2, -0.15) is 0 Å². The summed E-state index contributed by atoms with van der Waals surface area (Å²) < 4.78 is 5.49. The van der Waals surface area contributed by atoms with Gasteiger partial charge in [0, 0.05) is 13.1 Å². The van der Waals surface area contributed by atoms with E-state index in [1.165, 1.54) is 12.8 Å². The van der Waals surface area contributed by atoms with E-state index in [1.807, 2.05) is 25.7 Å². The zero-order valence-corrected chi connectivity index (χ0v) is 10.2. The molecule has 0 saturated carbocycles. The average Bonchev–Trinajstić information content (AvgIpc) is 2.41. The maximum absolute atomic E-state index is 11.8. The second-order valence-corrected chi connectivity index (χ2v) is 5.20. The van der Waals surface area contributed by atoms with E-state index in [0.717, 1.165) is 25.9 Å². The van der Waals surface area contributed by atoms with Gasteiger partial charge in [-0.3, -0.25) is 4.79 Å². The lowest BCUT2D eigenvalue weighted by Gasteiger charge is -2.24. The highest BCUT2D eigenvalue weighted by atomic mass is 16.5. The first-order valence-electron chi connectivity index (χ1n) is 5.91. The molecule has 1 aliphatic heterocycles. The highest BCUT2D eigenvalue weighted by molar-refractivity contribution is 5.77. The largest absolute Gasteiger partial charge is 0.366 e. The first-order chi connectivity index (χ1) is 6.99. The summed E-state index contributed by atoms with van der Waals surface area (Å²) in [7, 11) is 0. The molecule has 0 aromatic rings. The van der Waals surface area contributed by atoms with Crippen LogP contribution in [0.5, 0.6) is 0 Å². The second-order valence-electron chi connectivity index (χ2n) is 5.20. The Morgan fingerprint density at radius 2 is 1.67 bits per heavy atom. The van der Waals surface area contributed by atoms with Crippen LogP contribution in [-0.2, 0) is 9.53 Å². The lowest BCUT2D eigenvalue weighted by molar-refractivity contribution is -0.140. The fourth-order valence-electron chi connectivity index (χ4n) is 1.69. The van der Waals surface area contributed by atoms with Crippen molar-refractivity contribution in [1.82, 2.24) is 4.90 Å². The molecule has 15 heavy (non-hydrogen) atoms. The van der Waals surface area contributed by atoms with E-state index in [9.17, 15) is 4.79 Å². The molecule has 88 valence electrons. The quantitative estimate of drug-likeness (QED) is 0.704. The van der Waals surface area contributed by atoms with Gasteiger partial charge in [0.05, 0.1) is 5.60 Å². The zero-order valence-electron chi connectivity index (χ0n) is 10.2. The number of carbonyl (C=O) groups is 1. The van der Waals surface area contributed by atoms with Crippen molar-refractivity contribution in [2.45, 2.75) is 52.1 Å². The molecule has 0 unspecified atom stereocenters. The summed E-state index contributed by atoms with van der Waals surface area (Å²) in [5.41, 5.74) is -0.221. The minimum absolute atomic E-state index is 0.145. The predicted octanol–water partition coefficient (Wildman–Crippen LogP) is 2.20. The first-order valence-corrected chi connectivity index (χ1v) is 5.91. The molecule has 1 amide bonds. The number of nitrogens with zero attached hydrogens (tertiary/aromatic N) is 1. The van der Waals surface area contributed by atoms with Gasteiger partial charge in [-0.05, 0) is 33.6 Å². The van der Waals surface area contributed by atoms with Crippen LogP contribution in [0.3, 0.4) is 0 Å². The Bertz CT molecular complexity index is 200. The fourth-order valence-corrected chi connectivity index (χ4v) is 1.69. The number of carbonyl (C=O) groups excluding carboxylic acids is 1. The van der Waals surface area contributed by atoms with Crippen molar-refractivity contribution in [2.24, 2.45) is 0 Å². The van der Waals surface area contributed by atoms with E-state index in [2.05, 4.69) is 0 Å². The molecule has 0 atom stereocenters. The van der Waals surface area contributed by atoms with Gasteiger partial charge in [-0.25, -0.2) is 0 Å². The number of hydrogen-bond donors (Lipinski definition) is 0. The van der Waals surface area contributed by atoms with Crippen LogP contribution in [0, 0.1) is 0 Å². The summed E-state index contributed by atoms with van der Waals surface area (Å²) in [5, 5.41) is 0.